The molecule has 2 aromatic rings. The summed E-state index contributed by atoms with van der Waals surface area (Å²) in [6.45, 7) is 1.91. The molecule has 1 unspecified atom stereocenters. The van der Waals surface area contributed by atoms with Crippen LogP contribution in [0.2, 0.25) is 5.02 Å². The van der Waals surface area contributed by atoms with E-state index in [-0.39, 0.29) is 5.92 Å². The SMILES string of the molecule is Cc1cc(C(C#N)c2ccccc2)c(Cl)cc1N. The van der Waals surface area contributed by atoms with Crippen molar-refractivity contribution in [2.24, 2.45) is 0 Å². The molecule has 2 N–H and O–H groups in total. The summed E-state index contributed by atoms with van der Waals surface area (Å²) in [6.07, 6.45) is 0. The highest BCUT2D eigenvalue weighted by Crippen LogP contribution is 2.32. The van der Waals surface area contributed by atoms with E-state index in [1.807, 2.05) is 43.3 Å². The molecule has 0 spiro atoms. The predicted molar refractivity (Wildman–Crippen MR) is 74.5 cm³/mol. The van der Waals surface area contributed by atoms with Crippen LogP contribution in [0.5, 0.6) is 0 Å². The van der Waals surface area contributed by atoms with E-state index >= 15 is 0 Å². The van der Waals surface area contributed by atoms with Crippen molar-refractivity contribution in [2.45, 2.75) is 12.8 Å². The van der Waals surface area contributed by atoms with Crippen LogP contribution in [0.15, 0.2) is 42.5 Å². The van der Waals surface area contributed by atoms with Crippen LogP contribution in [-0.2, 0) is 0 Å². The summed E-state index contributed by atoms with van der Waals surface area (Å²) in [5, 5.41) is 9.91. The fourth-order valence-corrected chi connectivity index (χ4v) is 2.19. The standard InChI is InChI=1S/C15H13ClN2/c1-10-7-12(14(16)8-15(10)18)13(9-17)11-5-3-2-4-6-11/h2-8,13H,18H2,1H3. The number of benzene rings is 2. The third-order valence-electron chi connectivity index (χ3n) is 2.96. The molecule has 0 fully saturated rings. The Bertz CT molecular complexity index is 600. The molecule has 0 heterocycles. The van der Waals surface area contributed by atoms with Crippen molar-refractivity contribution in [3.63, 3.8) is 0 Å². The quantitative estimate of drug-likeness (QED) is 0.829. The zero-order valence-corrected chi connectivity index (χ0v) is 10.8. The maximum absolute atomic E-state index is 9.38. The normalized spacial score (nSPS) is 11.8. The van der Waals surface area contributed by atoms with Gasteiger partial charge in [-0.05, 0) is 29.7 Å². The van der Waals surface area contributed by atoms with Gasteiger partial charge in [0.25, 0.3) is 0 Å². The first kappa shape index (κ1) is 12.5. The van der Waals surface area contributed by atoms with E-state index in [1.165, 1.54) is 0 Å². The number of nitrogens with zero attached hydrogens (tertiary/aromatic N) is 1. The minimum absolute atomic E-state index is 0.363. The summed E-state index contributed by atoms with van der Waals surface area (Å²) in [5.74, 6) is -0.363. The molecule has 90 valence electrons. The van der Waals surface area contributed by atoms with Crippen LogP contribution in [-0.4, -0.2) is 0 Å². The van der Waals surface area contributed by atoms with E-state index < -0.39 is 0 Å². The van der Waals surface area contributed by atoms with Gasteiger partial charge in [0.2, 0.25) is 0 Å². The van der Waals surface area contributed by atoms with Gasteiger partial charge in [-0.1, -0.05) is 48.0 Å². The highest BCUT2D eigenvalue weighted by Gasteiger charge is 2.17. The van der Waals surface area contributed by atoms with Crippen molar-refractivity contribution in [3.8, 4) is 6.07 Å². The summed E-state index contributed by atoms with van der Waals surface area (Å²) in [5.41, 5.74) is 9.12. The molecule has 2 aromatic carbocycles. The van der Waals surface area contributed by atoms with E-state index in [0.29, 0.717) is 10.7 Å². The van der Waals surface area contributed by atoms with Crippen molar-refractivity contribution in [3.05, 3.63) is 64.2 Å². The van der Waals surface area contributed by atoms with Crippen LogP contribution >= 0.6 is 11.6 Å². The number of rotatable bonds is 2. The Morgan fingerprint density at radius 3 is 2.50 bits per heavy atom. The van der Waals surface area contributed by atoms with Crippen LogP contribution in [0.3, 0.4) is 0 Å². The van der Waals surface area contributed by atoms with Crippen molar-refractivity contribution in [1.29, 1.82) is 5.26 Å². The molecule has 1 atom stereocenters. The number of nitriles is 1. The van der Waals surface area contributed by atoms with Gasteiger partial charge >= 0.3 is 0 Å². The molecule has 2 nitrogen and oxygen atoms in total. The van der Waals surface area contributed by atoms with Crippen LogP contribution in [0.4, 0.5) is 5.69 Å². The highest BCUT2D eigenvalue weighted by molar-refractivity contribution is 6.31. The molecule has 0 bridgehead atoms. The van der Waals surface area contributed by atoms with E-state index in [1.54, 1.807) is 6.07 Å². The Balaban J connectivity index is 2.53. The van der Waals surface area contributed by atoms with Gasteiger partial charge in [-0.15, -0.1) is 0 Å². The number of hydrogen-bond acceptors (Lipinski definition) is 2. The fraction of sp³-hybridized carbons (Fsp3) is 0.133. The van der Waals surface area contributed by atoms with Gasteiger partial charge in [-0.25, -0.2) is 0 Å². The smallest absolute Gasteiger partial charge is 0.0977 e. The Kier molecular flexibility index (Phi) is 3.55. The lowest BCUT2D eigenvalue weighted by Crippen LogP contribution is -2.01. The second kappa shape index (κ2) is 5.12. The lowest BCUT2D eigenvalue weighted by molar-refractivity contribution is 1.03. The van der Waals surface area contributed by atoms with Crippen molar-refractivity contribution in [1.82, 2.24) is 0 Å². The summed E-state index contributed by atoms with van der Waals surface area (Å²) in [6, 6.07) is 15.5. The zero-order chi connectivity index (χ0) is 13.1. The summed E-state index contributed by atoms with van der Waals surface area (Å²) in [7, 11) is 0. The molecular formula is C15H13ClN2. The predicted octanol–water partition coefficient (Wildman–Crippen LogP) is 3.89. The zero-order valence-electron chi connectivity index (χ0n) is 10.0. The molecule has 0 radical (unpaired) electrons. The molecule has 18 heavy (non-hydrogen) atoms. The Morgan fingerprint density at radius 1 is 1.22 bits per heavy atom. The first-order chi connectivity index (χ1) is 8.63. The average molecular weight is 257 g/mol. The molecule has 0 aromatic heterocycles. The van der Waals surface area contributed by atoms with Gasteiger partial charge in [-0.2, -0.15) is 5.26 Å². The molecule has 0 saturated heterocycles. The number of hydrogen-bond donors (Lipinski definition) is 1. The van der Waals surface area contributed by atoms with Crippen molar-refractivity contribution >= 4 is 17.3 Å². The number of aryl methyl sites for hydroxylation is 1. The number of nitrogen functional groups attached to an aromatic ring is 1. The van der Waals surface area contributed by atoms with Gasteiger partial charge in [0, 0.05) is 10.7 Å². The number of nitrogens with two attached hydrogens (primary N) is 1. The maximum atomic E-state index is 9.38. The second-order valence-corrected chi connectivity index (χ2v) is 4.61. The minimum atomic E-state index is -0.363. The molecule has 2 rings (SSSR count). The highest BCUT2D eigenvalue weighted by atomic mass is 35.5. The van der Waals surface area contributed by atoms with Gasteiger partial charge < -0.3 is 5.73 Å². The third kappa shape index (κ3) is 2.32. The topological polar surface area (TPSA) is 49.8 Å². The molecule has 0 aliphatic rings. The Morgan fingerprint density at radius 2 is 1.89 bits per heavy atom. The first-order valence-electron chi connectivity index (χ1n) is 5.63. The molecular weight excluding hydrogens is 244 g/mol. The molecule has 0 saturated carbocycles. The van der Waals surface area contributed by atoms with Crippen LogP contribution in [0.25, 0.3) is 0 Å². The van der Waals surface area contributed by atoms with Crippen molar-refractivity contribution in [2.75, 3.05) is 5.73 Å². The molecule has 0 amide bonds. The summed E-state index contributed by atoms with van der Waals surface area (Å²) in [4.78, 5) is 0. The minimum Gasteiger partial charge on any atom is -0.398 e. The second-order valence-electron chi connectivity index (χ2n) is 4.20. The summed E-state index contributed by atoms with van der Waals surface area (Å²) >= 11 is 6.19. The van der Waals surface area contributed by atoms with Gasteiger partial charge in [0.15, 0.2) is 0 Å². The Hall–Kier alpha value is -1.98. The van der Waals surface area contributed by atoms with Crippen LogP contribution in [0, 0.1) is 18.3 Å². The number of anilines is 1. The van der Waals surface area contributed by atoms with E-state index in [0.717, 1.165) is 16.7 Å². The van der Waals surface area contributed by atoms with Gasteiger partial charge in [-0.3, -0.25) is 0 Å². The van der Waals surface area contributed by atoms with E-state index in [2.05, 4.69) is 6.07 Å². The average Bonchev–Trinajstić information content (AvgIpc) is 2.38. The lowest BCUT2D eigenvalue weighted by Gasteiger charge is -2.13. The lowest BCUT2D eigenvalue weighted by atomic mass is 9.91. The molecule has 0 aliphatic carbocycles. The fourth-order valence-electron chi connectivity index (χ4n) is 1.91. The Labute approximate surface area is 112 Å². The third-order valence-corrected chi connectivity index (χ3v) is 3.29. The van der Waals surface area contributed by atoms with E-state index in [4.69, 9.17) is 17.3 Å². The van der Waals surface area contributed by atoms with Gasteiger partial charge in [0.1, 0.15) is 0 Å². The first-order valence-corrected chi connectivity index (χ1v) is 6.01. The monoisotopic (exact) mass is 256 g/mol. The molecule has 3 heteroatoms. The van der Waals surface area contributed by atoms with Gasteiger partial charge in [0.05, 0.1) is 12.0 Å². The summed E-state index contributed by atoms with van der Waals surface area (Å²) < 4.78 is 0. The number of halogens is 1. The largest absolute Gasteiger partial charge is 0.398 e. The van der Waals surface area contributed by atoms with Crippen LogP contribution < -0.4 is 5.73 Å². The molecule has 0 aliphatic heterocycles. The van der Waals surface area contributed by atoms with E-state index in [9.17, 15) is 5.26 Å². The maximum Gasteiger partial charge on any atom is 0.0977 e. The van der Waals surface area contributed by atoms with Crippen LogP contribution in [0.1, 0.15) is 22.6 Å². The van der Waals surface area contributed by atoms with Crippen molar-refractivity contribution < 1.29 is 0 Å².